The lowest BCUT2D eigenvalue weighted by atomic mass is 9.99. The summed E-state index contributed by atoms with van der Waals surface area (Å²) in [5.74, 6) is -0.903. The van der Waals surface area contributed by atoms with Crippen LogP contribution >= 0.6 is 0 Å². The minimum absolute atomic E-state index is 0.0322. The van der Waals surface area contributed by atoms with Crippen LogP contribution in [-0.2, 0) is 11.3 Å². The van der Waals surface area contributed by atoms with Crippen LogP contribution in [0.15, 0.2) is 35.1 Å². The molecule has 182 valence electrons. The standard InChI is InChI=1S/C25H24F2N4O4/c26-18-2-1-3-19(27)22(18)23-17(24(35-30-23)13-4-5-13)12-34-16-8-14-6-7-15(9-16)31(14)21-11-28-20(10-29-21)25(32)33/h1-3,10-11,13-16H,4-9,12H2,(H,32,33)/t14-,15?,16?/m0/s1. The third-order valence-electron chi connectivity index (χ3n) is 7.24. The molecule has 3 fully saturated rings. The van der Waals surface area contributed by atoms with Crippen molar-refractivity contribution in [2.45, 2.75) is 69.2 Å². The lowest BCUT2D eigenvalue weighted by Crippen LogP contribution is -2.46. The van der Waals surface area contributed by atoms with E-state index in [0.29, 0.717) is 17.1 Å². The first kappa shape index (κ1) is 22.1. The molecule has 6 rings (SSSR count). The second-order valence-corrected chi connectivity index (χ2v) is 9.51. The summed E-state index contributed by atoms with van der Waals surface area (Å²) in [5.41, 5.74) is 0.541. The Morgan fingerprint density at radius 1 is 1.09 bits per heavy atom. The van der Waals surface area contributed by atoms with Gasteiger partial charge in [-0.25, -0.2) is 23.5 Å². The number of aromatic nitrogens is 3. The number of fused-ring (bicyclic) bond motifs is 2. The van der Waals surface area contributed by atoms with E-state index in [0.717, 1.165) is 38.5 Å². The highest BCUT2D eigenvalue weighted by Crippen LogP contribution is 2.45. The van der Waals surface area contributed by atoms with Gasteiger partial charge in [-0.3, -0.25) is 0 Å². The van der Waals surface area contributed by atoms with E-state index in [-0.39, 0.29) is 47.7 Å². The number of hydrogen-bond acceptors (Lipinski definition) is 7. The maximum atomic E-state index is 14.5. The molecule has 0 amide bonds. The molecular formula is C25H24F2N4O4. The van der Waals surface area contributed by atoms with E-state index in [2.05, 4.69) is 20.0 Å². The molecule has 8 nitrogen and oxygen atoms in total. The number of benzene rings is 1. The molecule has 35 heavy (non-hydrogen) atoms. The third kappa shape index (κ3) is 4.05. The summed E-state index contributed by atoms with van der Waals surface area (Å²) < 4.78 is 40.9. The van der Waals surface area contributed by atoms with E-state index in [1.807, 2.05) is 0 Å². The van der Waals surface area contributed by atoms with Crippen LogP contribution in [0.5, 0.6) is 0 Å². The minimum atomic E-state index is -1.10. The summed E-state index contributed by atoms with van der Waals surface area (Å²) in [4.78, 5) is 21.6. The normalized spacial score (nSPS) is 23.6. The Balaban J connectivity index is 1.19. The van der Waals surface area contributed by atoms with Gasteiger partial charge in [-0.15, -0.1) is 0 Å². The fourth-order valence-electron chi connectivity index (χ4n) is 5.45. The SMILES string of the molecule is O=C(O)c1cnc(N2C3CC[C@H]2CC(OCc2c(-c4c(F)cccc4F)noc2C2CC2)C3)cn1. The van der Waals surface area contributed by atoms with Gasteiger partial charge in [-0.1, -0.05) is 11.2 Å². The highest BCUT2D eigenvalue weighted by molar-refractivity contribution is 5.84. The van der Waals surface area contributed by atoms with Crippen LogP contribution in [0.3, 0.4) is 0 Å². The van der Waals surface area contributed by atoms with Crippen LogP contribution in [0, 0.1) is 11.6 Å². The molecule has 3 atom stereocenters. The van der Waals surface area contributed by atoms with Gasteiger partial charge in [0, 0.05) is 23.6 Å². The second kappa shape index (κ2) is 8.67. The van der Waals surface area contributed by atoms with Crippen LogP contribution in [-0.4, -0.2) is 44.4 Å². The van der Waals surface area contributed by atoms with Gasteiger partial charge in [0.2, 0.25) is 0 Å². The molecule has 1 saturated carbocycles. The molecule has 3 aromatic rings. The number of ether oxygens (including phenoxy) is 1. The molecule has 4 heterocycles. The summed E-state index contributed by atoms with van der Waals surface area (Å²) in [5, 5.41) is 13.1. The van der Waals surface area contributed by atoms with Crippen molar-refractivity contribution in [3.05, 3.63) is 59.2 Å². The Morgan fingerprint density at radius 2 is 1.80 bits per heavy atom. The van der Waals surface area contributed by atoms with Gasteiger partial charge >= 0.3 is 5.97 Å². The molecule has 2 saturated heterocycles. The van der Waals surface area contributed by atoms with Crippen LogP contribution in [0.25, 0.3) is 11.3 Å². The van der Waals surface area contributed by atoms with Crippen molar-refractivity contribution in [2.24, 2.45) is 0 Å². The zero-order valence-corrected chi connectivity index (χ0v) is 18.9. The van der Waals surface area contributed by atoms with Crippen molar-refractivity contribution in [1.29, 1.82) is 0 Å². The second-order valence-electron chi connectivity index (χ2n) is 9.51. The number of anilines is 1. The fraction of sp³-hybridized carbons (Fsp3) is 0.440. The first-order valence-electron chi connectivity index (χ1n) is 11.9. The number of piperidine rings is 1. The molecule has 0 spiro atoms. The predicted octanol–water partition coefficient (Wildman–Crippen LogP) is 4.70. The highest BCUT2D eigenvalue weighted by Gasteiger charge is 2.42. The van der Waals surface area contributed by atoms with E-state index in [4.69, 9.17) is 14.4 Å². The average Bonchev–Trinajstić information content (AvgIpc) is 3.55. The minimum Gasteiger partial charge on any atom is -0.476 e. The van der Waals surface area contributed by atoms with E-state index in [9.17, 15) is 13.6 Å². The first-order chi connectivity index (χ1) is 17.0. The monoisotopic (exact) mass is 482 g/mol. The van der Waals surface area contributed by atoms with Crippen LogP contribution in [0.2, 0.25) is 0 Å². The van der Waals surface area contributed by atoms with Crippen molar-refractivity contribution in [1.82, 2.24) is 15.1 Å². The predicted molar refractivity (Wildman–Crippen MR) is 120 cm³/mol. The molecule has 1 N–H and O–H groups in total. The van der Waals surface area contributed by atoms with E-state index in [1.165, 1.54) is 30.6 Å². The number of nitrogens with zero attached hydrogens (tertiary/aromatic N) is 4. The number of rotatable bonds is 7. The molecule has 1 aliphatic carbocycles. The number of carboxylic acids is 1. The van der Waals surface area contributed by atoms with Gasteiger partial charge in [0.15, 0.2) is 5.69 Å². The Hall–Kier alpha value is -3.40. The van der Waals surface area contributed by atoms with Crippen molar-refractivity contribution >= 4 is 11.8 Å². The smallest absolute Gasteiger partial charge is 0.356 e. The first-order valence-corrected chi connectivity index (χ1v) is 11.9. The Morgan fingerprint density at radius 3 is 2.40 bits per heavy atom. The van der Waals surface area contributed by atoms with Gasteiger partial charge in [0.05, 0.1) is 30.7 Å². The molecule has 1 aromatic carbocycles. The lowest BCUT2D eigenvalue weighted by Gasteiger charge is -2.39. The molecule has 2 aromatic heterocycles. The van der Waals surface area contributed by atoms with Gasteiger partial charge in [-0.2, -0.15) is 0 Å². The van der Waals surface area contributed by atoms with Crippen LogP contribution in [0.4, 0.5) is 14.6 Å². The lowest BCUT2D eigenvalue weighted by molar-refractivity contribution is 0.0145. The van der Waals surface area contributed by atoms with Crippen molar-refractivity contribution in [3.8, 4) is 11.3 Å². The Kier molecular flexibility index (Phi) is 5.47. The zero-order valence-electron chi connectivity index (χ0n) is 18.9. The molecule has 2 unspecified atom stereocenters. The summed E-state index contributed by atoms with van der Waals surface area (Å²) in [6, 6.07) is 4.17. The molecule has 2 aliphatic heterocycles. The van der Waals surface area contributed by atoms with Gasteiger partial charge in [-0.05, 0) is 50.7 Å². The highest BCUT2D eigenvalue weighted by atomic mass is 19.1. The summed E-state index contributed by atoms with van der Waals surface area (Å²) >= 11 is 0. The van der Waals surface area contributed by atoms with E-state index >= 15 is 0 Å². The van der Waals surface area contributed by atoms with Gasteiger partial charge in [0.1, 0.15) is 28.9 Å². The van der Waals surface area contributed by atoms with Crippen molar-refractivity contribution in [3.63, 3.8) is 0 Å². The average molecular weight is 482 g/mol. The third-order valence-corrected chi connectivity index (χ3v) is 7.24. The van der Waals surface area contributed by atoms with Crippen LogP contribution < -0.4 is 4.90 Å². The van der Waals surface area contributed by atoms with E-state index in [1.54, 1.807) is 0 Å². The number of carboxylic acid groups (broad SMARTS) is 1. The number of hydrogen-bond donors (Lipinski definition) is 1. The van der Waals surface area contributed by atoms with Gasteiger partial charge < -0.3 is 19.3 Å². The number of carbonyl (C=O) groups is 1. The van der Waals surface area contributed by atoms with Crippen molar-refractivity contribution in [2.75, 3.05) is 4.90 Å². The largest absolute Gasteiger partial charge is 0.476 e. The topological polar surface area (TPSA) is 102 Å². The Bertz CT molecular complexity index is 1230. The molecule has 2 bridgehead atoms. The summed E-state index contributed by atoms with van der Waals surface area (Å²) in [6.07, 6.45) is 8.21. The fourth-order valence-corrected chi connectivity index (χ4v) is 5.45. The zero-order chi connectivity index (χ0) is 24.1. The molecular weight excluding hydrogens is 458 g/mol. The number of halogens is 2. The Labute approximate surface area is 199 Å². The quantitative estimate of drug-likeness (QED) is 0.517. The summed E-state index contributed by atoms with van der Waals surface area (Å²) in [7, 11) is 0. The number of aromatic carboxylic acids is 1. The maximum Gasteiger partial charge on any atom is 0.356 e. The summed E-state index contributed by atoms with van der Waals surface area (Å²) in [6.45, 7) is 0.176. The van der Waals surface area contributed by atoms with E-state index < -0.39 is 17.6 Å². The van der Waals surface area contributed by atoms with Gasteiger partial charge in [0.25, 0.3) is 0 Å². The van der Waals surface area contributed by atoms with Crippen molar-refractivity contribution < 1.29 is 27.9 Å². The van der Waals surface area contributed by atoms with Crippen LogP contribution in [0.1, 0.15) is 66.3 Å². The molecule has 3 aliphatic rings. The molecule has 10 heteroatoms. The molecule has 0 radical (unpaired) electrons. The maximum absolute atomic E-state index is 14.5.